The summed E-state index contributed by atoms with van der Waals surface area (Å²) in [6.07, 6.45) is 3.55. The Balaban J connectivity index is 1.51. The SMILES string of the molecule is Cc1ccc2c(c1)c1c3n2CCN(CC(=NO)c2ccc(Br)cc2)C3CCC1. The van der Waals surface area contributed by atoms with E-state index in [9.17, 15) is 5.21 Å². The largest absolute Gasteiger partial charge is 0.411 e. The van der Waals surface area contributed by atoms with Crippen LogP contribution >= 0.6 is 15.9 Å². The number of benzene rings is 2. The number of oxime groups is 1. The van der Waals surface area contributed by atoms with Crippen LogP contribution in [-0.2, 0) is 13.0 Å². The molecule has 0 spiro atoms. The van der Waals surface area contributed by atoms with E-state index in [1.807, 2.05) is 24.3 Å². The molecule has 5 rings (SSSR count). The zero-order valence-electron chi connectivity index (χ0n) is 16.0. The molecule has 0 fully saturated rings. The predicted molar refractivity (Wildman–Crippen MR) is 116 cm³/mol. The fourth-order valence-corrected chi connectivity index (χ4v) is 5.26. The molecule has 2 aliphatic rings. The van der Waals surface area contributed by atoms with Gasteiger partial charge in [-0.3, -0.25) is 4.90 Å². The Kier molecular flexibility index (Phi) is 4.52. The molecular weight excluding hydrogens is 414 g/mol. The molecule has 1 aromatic heterocycles. The molecule has 1 atom stereocenters. The minimum atomic E-state index is 0.400. The summed E-state index contributed by atoms with van der Waals surface area (Å²) in [7, 11) is 0. The first kappa shape index (κ1) is 18.0. The lowest BCUT2D eigenvalue weighted by Gasteiger charge is -2.40. The highest BCUT2D eigenvalue weighted by Gasteiger charge is 2.35. The zero-order valence-corrected chi connectivity index (χ0v) is 17.6. The van der Waals surface area contributed by atoms with Gasteiger partial charge in [-0.05, 0) is 56.0 Å². The maximum absolute atomic E-state index is 9.69. The van der Waals surface area contributed by atoms with Crippen LogP contribution in [0.25, 0.3) is 10.9 Å². The molecular formula is C23H24BrN3O. The first-order chi connectivity index (χ1) is 13.7. The zero-order chi connectivity index (χ0) is 19.3. The number of hydrogen-bond donors (Lipinski definition) is 1. The highest BCUT2D eigenvalue weighted by molar-refractivity contribution is 9.10. The van der Waals surface area contributed by atoms with Gasteiger partial charge in [0.2, 0.25) is 0 Å². The lowest BCUT2D eigenvalue weighted by molar-refractivity contribution is 0.161. The summed E-state index contributed by atoms with van der Waals surface area (Å²) < 4.78 is 3.57. The van der Waals surface area contributed by atoms with Crippen molar-refractivity contribution in [1.29, 1.82) is 0 Å². The van der Waals surface area contributed by atoms with Crippen molar-refractivity contribution in [1.82, 2.24) is 9.47 Å². The van der Waals surface area contributed by atoms with Crippen LogP contribution in [0.2, 0.25) is 0 Å². The third-order valence-electron chi connectivity index (χ3n) is 6.29. The van der Waals surface area contributed by atoms with Crippen molar-refractivity contribution in [3.8, 4) is 0 Å². The van der Waals surface area contributed by atoms with Crippen LogP contribution < -0.4 is 0 Å². The third-order valence-corrected chi connectivity index (χ3v) is 6.82. The Labute approximate surface area is 173 Å². The van der Waals surface area contributed by atoms with Gasteiger partial charge in [-0.2, -0.15) is 0 Å². The molecule has 144 valence electrons. The molecule has 1 aliphatic heterocycles. The molecule has 0 bridgehead atoms. The van der Waals surface area contributed by atoms with E-state index in [1.54, 1.807) is 0 Å². The molecule has 2 heterocycles. The van der Waals surface area contributed by atoms with Gasteiger partial charge in [0.25, 0.3) is 0 Å². The van der Waals surface area contributed by atoms with E-state index >= 15 is 0 Å². The fraction of sp³-hybridized carbons (Fsp3) is 0.348. The summed E-state index contributed by atoms with van der Waals surface area (Å²) >= 11 is 3.48. The second kappa shape index (κ2) is 7.05. The lowest BCUT2D eigenvalue weighted by Crippen LogP contribution is -2.42. The first-order valence-corrected chi connectivity index (χ1v) is 10.8. The molecule has 4 nitrogen and oxygen atoms in total. The second-order valence-electron chi connectivity index (χ2n) is 7.97. The molecule has 28 heavy (non-hydrogen) atoms. The van der Waals surface area contributed by atoms with Crippen LogP contribution in [0.4, 0.5) is 0 Å². The molecule has 0 saturated carbocycles. The van der Waals surface area contributed by atoms with Crippen molar-refractivity contribution in [2.75, 3.05) is 13.1 Å². The number of aryl methyl sites for hydroxylation is 2. The first-order valence-electron chi connectivity index (χ1n) is 9.98. The molecule has 1 unspecified atom stereocenters. The fourth-order valence-electron chi connectivity index (χ4n) is 5.00. The summed E-state index contributed by atoms with van der Waals surface area (Å²) in [5, 5.41) is 14.8. The summed E-state index contributed by atoms with van der Waals surface area (Å²) in [5.41, 5.74) is 7.45. The topological polar surface area (TPSA) is 40.8 Å². The smallest absolute Gasteiger partial charge is 0.101 e. The van der Waals surface area contributed by atoms with Gasteiger partial charge in [-0.25, -0.2) is 0 Å². The highest BCUT2D eigenvalue weighted by Crippen LogP contribution is 2.42. The van der Waals surface area contributed by atoms with Crippen LogP contribution in [0.15, 0.2) is 52.1 Å². The van der Waals surface area contributed by atoms with Crippen molar-refractivity contribution in [3.05, 3.63) is 69.3 Å². The lowest BCUT2D eigenvalue weighted by atomic mass is 9.89. The number of aromatic nitrogens is 1. The van der Waals surface area contributed by atoms with Crippen molar-refractivity contribution in [2.45, 2.75) is 38.8 Å². The monoisotopic (exact) mass is 437 g/mol. The van der Waals surface area contributed by atoms with Gasteiger partial charge in [-0.15, -0.1) is 0 Å². The van der Waals surface area contributed by atoms with Gasteiger partial charge in [0, 0.05) is 46.3 Å². The summed E-state index contributed by atoms with van der Waals surface area (Å²) in [5.74, 6) is 0. The molecule has 1 aliphatic carbocycles. The molecule has 3 aromatic rings. The molecule has 1 N–H and O–H groups in total. The van der Waals surface area contributed by atoms with E-state index in [1.165, 1.54) is 47.0 Å². The normalized spacial score (nSPS) is 19.8. The van der Waals surface area contributed by atoms with E-state index in [-0.39, 0.29) is 0 Å². The predicted octanol–water partition coefficient (Wildman–Crippen LogP) is 5.28. The minimum Gasteiger partial charge on any atom is -0.411 e. The molecule has 0 radical (unpaired) electrons. The van der Waals surface area contributed by atoms with E-state index in [4.69, 9.17) is 0 Å². The number of rotatable bonds is 3. The van der Waals surface area contributed by atoms with Gasteiger partial charge >= 0.3 is 0 Å². The quantitative estimate of drug-likeness (QED) is 0.343. The average Bonchev–Trinajstić information content (AvgIpc) is 3.03. The highest BCUT2D eigenvalue weighted by atomic mass is 79.9. The summed E-state index contributed by atoms with van der Waals surface area (Å²) in [4.78, 5) is 2.50. The van der Waals surface area contributed by atoms with E-state index in [0.29, 0.717) is 12.6 Å². The minimum absolute atomic E-state index is 0.400. The molecule has 2 aromatic carbocycles. The van der Waals surface area contributed by atoms with E-state index in [2.05, 4.69) is 55.7 Å². The number of hydrogen-bond acceptors (Lipinski definition) is 3. The van der Waals surface area contributed by atoms with Crippen molar-refractivity contribution >= 4 is 32.5 Å². The Hall–Kier alpha value is -2.11. The van der Waals surface area contributed by atoms with Crippen LogP contribution in [0.3, 0.4) is 0 Å². The van der Waals surface area contributed by atoms with Crippen LogP contribution in [0.5, 0.6) is 0 Å². The standard InChI is InChI=1S/C23H24BrN3O/c1-15-5-10-21-19(13-15)18-3-2-4-22-23(18)27(21)12-11-26(22)14-20(25-28)16-6-8-17(24)9-7-16/h5-10,13,22,28H,2-4,11-12,14H2,1H3. The molecule has 0 amide bonds. The van der Waals surface area contributed by atoms with Crippen molar-refractivity contribution in [3.63, 3.8) is 0 Å². The van der Waals surface area contributed by atoms with Gasteiger partial charge in [0.15, 0.2) is 0 Å². The Bertz CT molecular complexity index is 1070. The van der Waals surface area contributed by atoms with Gasteiger partial charge < -0.3 is 9.77 Å². The van der Waals surface area contributed by atoms with E-state index in [0.717, 1.165) is 28.8 Å². The number of halogens is 1. The Morgan fingerprint density at radius 2 is 2.00 bits per heavy atom. The summed E-state index contributed by atoms with van der Waals surface area (Å²) in [6, 6.07) is 15.3. The third kappa shape index (κ3) is 2.88. The van der Waals surface area contributed by atoms with Gasteiger partial charge in [-0.1, -0.05) is 44.8 Å². The van der Waals surface area contributed by atoms with Gasteiger partial charge in [0.05, 0.1) is 6.04 Å². The molecule has 5 heteroatoms. The van der Waals surface area contributed by atoms with Crippen molar-refractivity contribution in [2.24, 2.45) is 5.16 Å². The molecule has 0 saturated heterocycles. The number of nitrogens with zero attached hydrogens (tertiary/aromatic N) is 3. The van der Waals surface area contributed by atoms with Crippen LogP contribution in [0.1, 0.15) is 41.3 Å². The second-order valence-corrected chi connectivity index (χ2v) is 8.88. The van der Waals surface area contributed by atoms with Crippen molar-refractivity contribution < 1.29 is 5.21 Å². The number of fused-ring (bicyclic) bond motifs is 3. The average molecular weight is 438 g/mol. The summed E-state index contributed by atoms with van der Waals surface area (Å²) in [6.45, 7) is 4.81. The maximum Gasteiger partial charge on any atom is 0.101 e. The Morgan fingerprint density at radius 1 is 1.18 bits per heavy atom. The maximum atomic E-state index is 9.69. The van der Waals surface area contributed by atoms with E-state index < -0.39 is 0 Å². The van der Waals surface area contributed by atoms with Crippen LogP contribution in [0, 0.1) is 6.92 Å². The van der Waals surface area contributed by atoms with Crippen LogP contribution in [-0.4, -0.2) is 33.5 Å². The van der Waals surface area contributed by atoms with Gasteiger partial charge in [0.1, 0.15) is 5.71 Å². The Morgan fingerprint density at radius 3 is 2.79 bits per heavy atom.